The average Bonchev–Trinajstić information content (AvgIpc) is 2.76. The van der Waals surface area contributed by atoms with Gasteiger partial charge in [0.2, 0.25) is 23.6 Å². The van der Waals surface area contributed by atoms with Gasteiger partial charge in [-0.1, -0.05) is 12.1 Å². The number of carboxylic acid groups (broad SMARTS) is 1. The highest BCUT2D eigenvalue weighted by molar-refractivity contribution is 5.92. The van der Waals surface area contributed by atoms with E-state index in [1.807, 2.05) is 0 Å². The standard InChI is InChI=1S/C19H27N5O8/c1-11(19(30)31)32-10-23-16(27)8-22-18(29)14(6-12-2-4-13(25)5-3-12)24-17(28)9-21-15(26)7-20/h2-5,11,14,25H,6-10,20H2,1H3,(H,21,26)(H,22,29)(H,23,27)(H,24,28)(H,30,31)/t11?,14-/m0/s1. The third kappa shape index (κ3) is 10.4. The lowest BCUT2D eigenvalue weighted by Gasteiger charge is -2.19. The maximum absolute atomic E-state index is 12.5. The number of carbonyl (C=O) groups is 5. The summed E-state index contributed by atoms with van der Waals surface area (Å²) in [5.41, 5.74) is 5.77. The van der Waals surface area contributed by atoms with Gasteiger partial charge in [-0.15, -0.1) is 0 Å². The lowest BCUT2D eigenvalue weighted by molar-refractivity contribution is -0.150. The number of carboxylic acids is 1. The van der Waals surface area contributed by atoms with Crippen LogP contribution in [-0.2, 0) is 35.1 Å². The second-order valence-electron chi connectivity index (χ2n) is 6.58. The van der Waals surface area contributed by atoms with Crippen LogP contribution in [0.2, 0.25) is 0 Å². The zero-order valence-corrected chi connectivity index (χ0v) is 17.4. The van der Waals surface area contributed by atoms with E-state index in [-0.39, 0.29) is 25.4 Å². The molecule has 0 saturated carbocycles. The molecule has 0 aliphatic heterocycles. The summed E-state index contributed by atoms with van der Waals surface area (Å²) >= 11 is 0. The van der Waals surface area contributed by atoms with Gasteiger partial charge in [0.05, 0.1) is 19.6 Å². The van der Waals surface area contributed by atoms with E-state index in [2.05, 4.69) is 21.3 Å². The van der Waals surface area contributed by atoms with Crippen LogP contribution in [0.4, 0.5) is 0 Å². The van der Waals surface area contributed by atoms with Crippen molar-refractivity contribution in [2.24, 2.45) is 5.73 Å². The van der Waals surface area contributed by atoms with Crippen molar-refractivity contribution in [2.75, 3.05) is 26.4 Å². The number of rotatable bonds is 13. The van der Waals surface area contributed by atoms with Gasteiger partial charge < -0.3 is 42.0 Å². The van der Waals surface area contributed by atoms with Crippen LogP contribution in [0.15, 0.2) is 24.3 Å². The number of aromatic hydroxyl groups is 1. The minimum absolute atomic E-state index is 0.0272. The number of carbonyl (C=O) groups excluding carboxylic acids is 4. The first-order valence-corrected chi connectivity index (χ1v) is 9.55. The number of nitrogens with one attached hydrogen (secondary N) is 4. The van der Waals surface area contributed by atoms with Crippen LogP contribution < -0.4 is 27.0 Å². The molecule has 4 amide bonds. The van der Waals surface area contributed by atoms with E-state index in [4.69, 9.17) is 15.6 Å². The normalized spacial score (nSPS) is 12.2. The van der Waals surface area contributed by atoms with Gasteiger partial charge in [-0.05, 0) is 24.6 Å². The van der Waals surface area contributed by atoms with E-state index in [1.54, 1.807) is 12.1 Å². The van der Waals surface area contributed by atoms with Crippen molar-refractivity contribution in [3.05, 3.63) is 29.8 Å². The summed E-state index contributed by atoms with van der Waals surface area (Å²) in [5, 5.41) is 27.5. The highest BCUT2D eigenvalue weighted by Gasteiger charge is 2.22. The summed E-state index contributed by atoms with van der Waals surface area (Å²) in [7, 11) is 0. The number of aliphatic carboxylic acids is 1. The van der Waals surface area contributed by atoms with Crippen LogP contribution in [0.25, 0.3) is 0 Å². The maximum Gasteiger partial charge on any atom is 0.332 e. The first kappa shape index (κ1) is 26.3. The van der Waals surface area contributed by atoms with Gasteiger partial charge in [0.15, 0.2) is 6.10 Å². The molecule has 1 unspecified atom stereocenters. The number of phenolic OH excluding ortho intramolecular Hbond substituents is 1. The quantitative estimate of drug-likeness (QED) is 0.153. The SMILES string of the molecule is CC(OCNC(=O)CNC(=O)[C@H](Cc1ccc(O)cc1)NC(=O)CNC(=O)CN)C(=O)O. The van der Waals surface area contributed by atoms with Crippen LogP contribution in [-0.4, -0.2) is 78.3 Å². The molecule has 176 valence electrons. The summed E-state index contributed by atoms with van der Waals surface area (Å²) in [6, 6.07) is 4.87. The number of nitrogens with two attached hydrogens (primary N) is 1. The molecule has 1 aromatic rings. The maximum atomic E-state index is 12.5. The molecule has 1 rings (SSSR count). The Morgan fingerprint density at radius 3 is 2.19 bits per heavy atom. The molecule has 0 spiro atoms. The fourth-order valence-corrected chi connectivity index (χ4v) is 2.24. The number of benzene rings is 1. The van der Waals surface area contributed by atoms with Crippen LogP contribution in [0, 0.1) is 0 Å². The van der Waals surface area contributed by atoms with Crippen molar-refractivity contribution < 1.29 is 38.9 Å². The number of ether oxygens (including phenoxy) is 1. The molecule has 13 heteroatoms. The Hall–Kier alpha value is -3.71. The molecule has 32 heavy (non-hydrogen) atoms. The average molecular weight is 453 g/mol. The number of hydrogen-bond acceptors (Lipinski definition) is 8. The number of phenols is 1. The Labute approximate surface area is 183 Å². The lowest BCUT2D eigenvalue weighted by atomic mass is 10.0. The molecule has 0 aromatic heterocycles. The second-order valence-corrected chi connectivity index (χ2v) is 6.58. The fraction of sp³-hybridized carbons (Fsp3) is 0.421. The van der Waals surface area contributed by atoms with E-state index in [0.29, 0.717) is 5.56 Å². The third-order valence-corrected chi connectivity index (χ3v) is 4.03. The molecule has 1 aromatic carbocycles. The Morgan fingerprint density at radius 2 is 1.59 bits per heavy atom. The van der Waals surface area contributed by atoms with Crippen molar-refractivity contribution in [3.8, 4) is 5.75 Å². The largest absolute Gasteiger partial charge is 0.508 e. The summed E-state index contributed by atoms with van der Waals surface area (Å²) in [6.45, 7) is -0.210. The number of hydrogen-bond donors (Lipinski definition) is 7. The monoisotopic (exact) mass is 453 g/mol. The Balaban J connectivity index is 2.65. The van der Waals surface area contributed by atoms with E-state index in [0.717, 1.165) is 0 Å². The third-order valence-electron chi connectivity index (χ3n) is 4.03. The molecule has 0 bridgehead atoms. The van der Waals surface area contributed by atoms with Crippen molar-refractivity contribution in [3.63, 3.8) is 0 Å². The predicted molar refractivity (Wildman–Crippen MR) is 110 cm³/mol. The zero-order valence-electron chi connectivity index (χ0n) is 17.4. The van der Waals surface area contributed by atoms with Gasteiger partial charge in [0.25, 0.3) is 0 Å². The van der Waals surface area contributed by atoms with Crippen LogP contribution >= 0.6 is 0 Å². The molecular weight excluding hydrogens is 426 g/mol. The molecule has 0 aliphatic carbocycles. The van der Waals surface area contributed by atoms with Crippen molar-refractivity contribution in [1.29, 1.82) is 0 Å². The second kappa shape index (κ2) is 13.6. The van der Waals surface area contributed by atoms with E-state index < -0.39 is 54.8 Å². The van der Waals surface area contributed by atoms with Gasteiger partial charge in [0.1, 0.15) is 18.5 Å². The van der Waals surface area contributed by atoms with Gasteiger partial charge in [-0.3, -0.25) is 19.2 Å². The molecule has 0 radical (unpaired) electrons. The molecule has 0 saturated heterocycles. The van der Waals surface area contributed by atoms with Crippen LogP contribution in [0.5, 0.6) is 5.75 Å². The highest BCUT2D eigenvalue weighted by atomic mass is 16.5. The van der Waals surface area contributed by atoms with Crippen molar-refractivity contribution in [1.82, 2.24) is 21.3 Å². The van der Waals surface area contributed by atoms with Crippen LogP contribution in [0.3, 0.4) is 0 Å². The molecule has 8 N–H and O–H groups in total. The predicted octanol–water partition coefficient (Wildman–Crippen LogP) is -2.83. The van der Waals surface area contributed by atoms with E-state index in [1.165, 1.54) is 19.1 Å². The fourth-order valence-electron chi connectivity index (χ4n) is 2.24. The minimum atomic E-state index is -1.19. The van der Waals surface area contributed by atoms with Crippen LogP contribution in [0.1, 0.15) is 12.5 Å². The Kier molecular flexibility index (Phi) is 11.2. The van der Waals surface area contributed by atoms with Crippen molar-refractivity contribution >= 4 is 29.6 Å². The zero-order chi connectivity index (χ0) is 24.1. The number of amides is 4. The molecule has 2 atom stereocenters. The smallest absolute Gasteiger partial charge is 0.332 e. The summed E-state index contributed by atoms with van der Waals surface area (Å²) < 4.78 is 4.86. The molecule has 0 heterocycles. The summed E-state index contributed by atoms with van der Waals surface area (Å²) in [5.74, 6) is -3.67. The topological polar surface area (TPSA) is 209 Å². The van der Waals surface area contributed by atoms with Gasteiger partial charge in [0, 0.05) is 6.42 Å². The molecule has 13 nitrogen and oxygen atoms in total. The first-order valence-electron chi connectivity index (χ1n) is 9.55. The van der Waals surface area contributed by atoms with E-state index >= 15 is 0 Å². The summed E-state index contributed by atoms with van der Waals surface area (Å²) in [4.78, 5) is 58.3. The Bertz CT molecular complexity index is 814. The lowest BCUT2D eigenvalue weighted by Crippen LogP contribution is -2.52. The molecular formula is C19H27N5O8. The van der Waals surface area contributed by atoms with Crippen molar-refractivity contribution in [2.45, 2.75) is 25.5 Å². The van der Waals surface area contributed by atoms with Gasteiger partial charge >= 0.3 is 5.97 Å². The molecule has 0 fully saturated rings. The molecule has 0 aliphatic rings. The first-order chi connectivity index (χ1) is 15.1. The van der Waals surface area contributed by atoms with Gasteiger partial charge in [-0.25, -0.2) is 4.79 Å². The Morgan fingerprint density at radius 1 is 0.969 bits per heavy atom. The summed E-state index contributed by atoms with van der Waals surface area (Å²) in [6.07, 6.45) is -1.07. The minimum Gasteiger partial charge on any atom is -0.508 e. The highest BCUT2D eigenvalue weighted by Crippen LogP contribution is 2.11. The van der Waals surface area contributed by atoms with Gasteiger partial charge in [-0.2, -0.15) is 0 Å². The van der Waals surface area contributed by atoms with E-state index in [9.17, 15) is 29.1 Å².